The Morgan fingerprint density at radius 2 is 0.774 bits per heavy atom. The maximum Gasteiger partial charge on any atom is 0.306 e. The van der Waals surface area contributed by atoms with Gasteiger partial charge in [0.2, 0.25) is 0 Å². The molecule has 0 heterocycles. The molecular formula is C47H80O6. The van der Waals surface area contributed by atoms with Crippen LogP contribution in [0.4, 0.5) is 0 Å². The Balaban J connectivity index is 4.26. The van der Waals surface area contributed by atoms with Crippen LogP contribution in [0.2, 0.25) is 0 Å². The van der Waals surface area contributed by atoms with Crippen LogP contribution in [0.1, 0.15) is 201 Å². The molecule has 0 amide bonds. The van der Waals surface area contributed by atoms with Gasteiger partial charge in [0.1, 0.15) is 13.2 Å². The molecule has 6 nitrogen and oxygen atoms in total. The molecule has 0 saturated heterocycles. The van der Waals surface area contributed by atoms with Crippen LogP contribution in [0.15, 0.2) is 60.8 Å². The third-order valence-electron chi connectivity index (χ3n) is 8.99. The highest BCUT2D eigenvalue weighted by molar-refractivity contribution is 5.71. The van der Waals surface area contributed by atoms with Crippen molar-refractivity contribution in [1.29, 1.82) is 0 Å². The van der Waals surface area contributed by atoms with E-state index in [2.05, 4.69) is 81.5 Å². The third-order valence-corrected chi connectivity index (χ3v) is 8.99. The van der Waals surface area contributed by atoms with Crippen LogP contribution in [-0.2, 0) is 28.6 Å². The molecule has 0 aliphatic carbocycles. The van der Waals surface area contributed by atoms with E-state index in [0.717, 1.165) is 109 Å². The SMILES string of the molecule is CC/C=C\C/C=C\C/C=C\C/C=C\CCCCCCCCC(=O)OCC(COC(=O)CCCCCCCC)OC(=O)CCCCCCC/C=C\CCC. The molecule has 0 aromatic heterocycles. The van der Waals surface area contributed by atoms with Crippen molar-refractivity contribution in [3.8, 4) is 0 Å². The molecule has 0 aromatic carbocycles. The Labute approximate surface area is 326 Å². The summed E-state index contributed by atoms with van der Waals surface area (Å²) in [6.07, 6.45) is 49.4. The van der Waals surface area contributed by atoms with Gasteiger partial charge >= 0.3 is 17.9 Å². The first-order chi connectivity index (χ1) is 26.0. The average molecular weight is 741 g/mol. The second-order valence-corrected chi connectivity index (χ2v) is 14.2. The van der Waals surface area contributed by atoms with Crippen LogP contribution in [0.5, 0.6) is 0 Å². The summed E-state index contributed by atoms with van der Waals surface area (Å²) in [6.45, 7) is 6.36. The monoisotopic (exact) mass is 741 g/mol. The lowest BCUT2D eigenvalue weighted by Gasteiger charge is -2.18. The fourth-order valence-electron chi connectivity index (χ4n) is 5.73. The Bertz CT molecular complexity index is 991. The number of hydrogen-bond donors (Lipinski definition) is 0. The van der Waals surface area contributed by atoms with Crippen LogP contribution in [0, 0.1) is 0 Å². The van der Waals surface area contributed by atoms with Crippen LogP contribution >= 0.6 is 0 Å². The number of esters is 3. The molecule has 0 rings (SSSR count). The molecular weight excluding hydrogens is 661 g/mol. The third kappa shape index (κ3) is 40.1. The molecule has 0 radical (unpaired) electrons. The zero-order chi connectivity index (χ0) is 38.7. The van der Waals surface area contributed by atoms with Crippen LogP contribution in [0.3, 0.4) is 0 Å². The molecule has 0 saturated carbocycles. The van der Waals surface area contributed by atoms with E-state index in [1.165, 1.54) is 51.4 Å². The van der Waals surface area contributed by atoms with E-state index in [1.807, 2.05) is 0 Å². The number of allylic oxidation sites excluding steroid dienone is 10. The molecule has 0 aliphatic rings. The number of carbonyl (C=O) groups excluding carboxylic acids is 3. The van der Waals surface area contributed by atoms with Gasteiger partial charge in [0, 0.05) is 19.3 Å². The number of hydrogen-bond acceptors (Lipinski definition) is 6. The molecule has 53 heavy (non-hydrogen) atoms. The minimum atomic E-state index is -0.778. The van der Waals surface area contributed by atoms with Gasteiger partial charge < -0.3 is 14.2 Å². The maximum atomic E-state index is 12.6. The van der Waals surface area contributed by atoms with Gasteiger partial charge in [0.15, 0.2) is 6.10 Å². The fourth-order valence-corrected chi connectivity index (χ4v) is 5.73. The lowest BCUT2D eigenvalue weighted by Crippen LogP contribution is -2.30. The minimum Gasteiger partial charge on any atom is -0.462 e. The zero-order valence-corrected chi connectivity index (χ0v) is 34.5. The van der Waals surface area contributed by atoms with E-state index >= 15 is 0 Å². The maximum absolute atomic E-state index is 12.6. The van der Waals surface area contributed by atoms with Gasteiger partial charge in [0.25, 0.3) is 0 Å². The van der Waals surface area contributed by atoms with Gasteiger partial charge in [-0.3, -0.25) is 14.4 Å². The molecule has 0 N–H and O–H groups in total. The molecule has 6 heteroatoms. The molecule has 1 atom stereocenters. The number of carbonyl (C=O) groups is 3. The number of ether oxygens (including phenoxy) is 3. The van der Waals surface area contributed by atoms with Crippen molar-refractivity contribution in [2.75, 3.05) is 13.2 Å². The topological polar surface area (TPSA) is 78.9 Å². The Hall–Kier alpha value is -2.89. The van der Waals surface area contributed by atoms with E-state index in [-0.39, 0.29) is 31.1 Å². The Kier molecular flexibility index (Phi) is 39.6. The summed E-state index contributed by atoms with van der Waals surface area (Å²) < 4.78 is 16.6. The second-order valence-electron chi connectivity index (χ2n) is 14.2. The largest absolute Gasteiger partial charge is 0.462 e. The van der Waals surface area contributed by atoms with Crippen molar-refractivity contribution < 1.29 is 28.6 Å². The summed E-state index contributed by atoms with van der Waals surface area (Å²) in [5.74, 6) is -0.924. The fraction of sp³-hybridized carbons (Fsp3) is 0.723. The molecule has 0 spiro atoms. The first-order valence-corrected chi connectivity index (χ1v) is 21.8. The van der Waals surface area contributed by atoms with E-state index in [1.54, 1.807) is 0 Å². The normalized spacial score (nSPS) is 12.6. The highest BCUT2D eigenvalue weighted by atomic mass is 16.6. The standard InChI is InChI=1S/C47H80O6/c1-4-7-10-13-16-18-20-21-22-23-24-25-26-27-28-30-31-34-37-40-46(49)52-43-44(42-51-45(48)39-36-33-15-12-9-6-3)53-47(50)41-38-35-32-29-19-17-14-11-8-5-2/h7,10-11,14,16,18,21-22,24-25,44H,4-6,8-9,12-13,15,17,19-20,23,26-43H2,1-3H3/b10-7-,14-11-,18-16-,22-21-,25-24-. The van der Waals surface area contributed by atoms with Gasteiger partial charge in [-0.1, -0.05) is 165 Å². The molecule has 0 bridgehead atoms. The lowest BCUT2D eigenvalue weighted by molar-refractivity contribution is -0.167. The van der Waals surface area contributed by atoms with Crippen LogP contribution < -0.4 is 0 Å². The number of rotatable bonds is 38. The zero-order valence-electron chi connectivity index (χ0n) is 34.5. The van der Waals surface area contributed by atoms with Gasteiger partial charge in [0.05, 0.1) is 0 Å². The van der Waals surface area contributed by atoms with Crippen molar-refractivity contribution in [3.63, 3.8) is 0 Å². The molecule has 1 unspecified atom stereocenters. The summed E-state index contributed by atoms with van der Waals surface area (Å²) >= 11 is 0. The summed E-state index contributed by atoms with van der Waals surface area (Å²) in [7, 11) is 0. The summed E-state index contributed by atoms with van der Waals surface area (Å²) in [4.78, 5) is 37.4. The van der Waals surface area contributed by atoms with Crippen molar-refractivity contribution in [2.45, 2.75) is 207 Å². The molecule has 304 valence electrons. The predicted octanol–water partition coefficient (Wildman–Crippen LogP) is 13.7. The molecule has 0 aromatic rings. The smallest absolute Gasteiger partial charge is 0.306 e. The van der Waals surface area contributed by atoms with Crippen LogP contribution in [-0.4, -0.2) is 37.2 Å². The summed E-state index contributed by atoms with van der Waals surface area (Å²) in [5.41, 5.74) is 0. The minimum absolute atomic E-state index is 0.0832. The van der Waals surface area contributed by atoms with E-state index in [4.69, 9.17) is 14.2 Å². The highest BCUT2D eigenvalue weighted by Crippen LogP contribution is 2.13. The Morgan fingerprint density at radius 3 is 1.25 bits per heavy atom. The quantitative estimate of drug-likeness (QED) is 0.0271. The van der Waals surface area contributed by atoms with Gasteiger partial charge in [-0.15, -0.1) is 0 Å². The van der Waals surface area contributed by atoms with Gasteiger partial charge in [-0.25, -0.2) is 0 Å². The first kappa shape index (κ1) is 50.1. The Morgan fingerprint density at radius 1 is 0.396 bits per heavy atom. The van der Waals surface area contributed by atoms with E-state index < -0.39 is 6.10 Å². The average Bonchev–Trinajstić information content (AvgIpc) is 3.15. The van der Waals surface area contributed by atoms with Gasteiger partial charge in [-0.05, 0) is 77.0 Å². The summed E-state index contributed by atoms with van der Waals surface area (Å²) in [5, 5.41) is 0. The van der Waals surface area contributed by atoms with Gasteiger partial charge in [-0.2, -0.15) is 0 Å². The summed E-state index contributed by atoms with van der Waals surface area (Å²) in [6, 6.07) is 0. The predicted molar refractivity (Wildman–Crippen MR) is 224 cm³/mol. The second kappa shape index (κ2) is 41.9. The van der Waals surface area contributed by atoms with E-state index in [9.17, 15) is 14.4 Å². The molecule has 0 aliphatic heterocycles. The van der Waals surface area contributed by atoms with E-state index in [0.29, 0.717) is 19.3 Å². The highest BCUT2D eigenvalue weighted by Gasteiger charge is 2.19. The van der Waals surface area contributed by atoms with Crippen molar-refractivity contribution in [3.05, 3.63) is 60.8 Å². The number of unbranched alkanes of at least 4 members (excludes halogenated alkanes) is 17. The van der Waals surface area contributed by atoms with Crippen LogP contribution in [0.25, 0.3) is 0 Å². The lowest BCUT2D eigenvalue weighted by atomic mass is 10.1. The van der Waals surface area contributed by atoms with Crippen molar-refractivity contribution in [2.24, 2.45) is 0 Å². The van der Waals surface area contributed by atoms with Crippen molar-refractivity contribution >= 4 is 17.9 Å². The molecule has 0 fully saturated rings. The first-order valence-electron chi connectivity index (χ1n) is 21.8. The van der Waals surface area contributed by atoms with Crippen molar-refractivity contribution in [1.82, 2.24) is 0 Å².